The predicted molar refractivity (Wildman–Crippen MR) is 78.4 cm³/mol. The number of carbonyl (C=O) groups excluding carboxylic acids is 1. The summed E-state index contributed by atoms with van der Waals surface area (Å²) < 4.78 is 12.1. The summed E-state index contributed by atoms with van der Waals surface area (Å²) in [4.78, 5) is 8.00. The number of hydrogen-bond donors (Lipinski definition) is 3. The average Bonchev–Trinajstić information content (AvgIpc) is 2.36. The lowest BCUT2D eigenvalue weighted by atomic mass is 10.3. The van der Waals surface area contributed by atoms with Gasteiger partial charge in [0.25, 0.3) is 0 Å². The van der Waals surface area contributed by atoms with Crippen molar-refractivity contribution >= 4 is 6.79 Å². The Morgan fingerprint density at radius 2 is 1.25 bits per heavy atom. The van der Waals surface area contributed by atoms with Crippen molar-refractivity contribution in [1.82, 2.24) is 0 Å². The van der Waals surface area contributed by atoms with Gasteiger partial charge in [0.1, 0.15) is 18.3 Å². The van der Waals surface area contributed by atoms with Crippen LogP contribution in [0, 0.1) is 5.82 Å². The summed E-state index contributed by atoms with van der Waals surface area (Å²) in [5, 5.41) is 25.9. The Morgan fingerprint density at radius 3 is 1.50 bits per heavy atom. The molecule has 0 radical (unpaired) electrons. The standard InChI is InChI=1S/C6H5FO.C6H6O2.CH2O.2CH4/c7-5-3-1-2-4-6(5)8;7-5-2-1-3-6(8)4-5;1-2;;/h1-4,8H;1-4,7-8H;1H2;2*1H4. The van der Waals surface area contributed by atoms with E-state index in [2.05, 4.69) is 0 Å². The van der Waals surface area contributed by atoms with Crippen molar-refractivity contribution in [2.45, 2.75) is 14.9 Å². The Bertz CT molecular complexity index is 437. The number of carbonyl (C=O) groups is 1. The van der Waals surface area contributed by atoms with Crippen LogP contribution < -0.4 is 0 Å². The van der Waals surface area contributed by atoms with E-state index in [4.69, 9.17) is 20.1 Å². The minimum Gasteiger partial charge on any atom is -0.508 e. The van der Waals surface area contributed by atoms with Gasteiger partial charge in [-0.2, -0.15) is 0 Å². The highest BCUT2D eigenvalue weighted by Gasteiger charge is 1.92. The van der Waals surface area contributed by atoms with Crippen LogP contribution in [0.3, 0.4) is 0 Å². The first-order valence-corrected chi connectivity index (χ1v) is 4.80. The van der Waals surface area contributed by atoms with Gasteiger partial charge < -0.3 is 20.1 Å². The van der Waals surface area contributed by atoms with E-state index >= 15 is 0 Å². The van der Waals surface area contributed by atoms with Gasteiger partial charge in [0, 0.05) is 6.07 Å². The maximum Gasteiger partial charge on any atom is 0.164 e. The second-order valence-electron chi connectivity index (χ2n) is 2.97. The Hall–Kier alpha value is -2.56. The fourth-order valence-corrected chi connectivity index (χ4v) is 0.945. The van der Waals surface area contributed by atoms with Crippen LogP contribution in [0.25, 0.3) is 0 Å². The maximum absolute atomic E-state index is 12.1. The summed E-state index contributed by atoms with van der Waals surface area (Å²) >= 11 is 0. The molecule has 0 amide bonds. The first kappa shape index (κ1) is 22.6. The third-order valence-corrected chi connectivity index (χ3v) is 1.68. The molecule has 20 heavy (non-hydrogen) atoms. The number of phenols is 3. The molecule has 4 nitrogen and oxygen atoms in total. The molecular weight excluding hydrogens is 263 g/mol. The fourth-order valence-electron chi connectivity index (χ4n) is 0.945. The van der Waals surface area contributed by atoms with E-state index in [1.807, 2.05) is 6.79 Å². The van der Waals surface area contributed by atoms with Gasteiger partial charge in [-0.05, 0) is 24.3 Å². The second-order valence-corrected chi connectivity index (χ2v) is 2.97. The van der Waals surface area contributed by atoms with Crippen LogP contribution in [0.4, 0.5) is 4.39 Å². The van der Waals surface area contributed by atoms with Crippen molar-refractivity contribution in [3.05, 3.63) is 54.3 Å². The molecule has 2 aromatic rings. The van der Waals surface area contributed by atoms with Crippen LogP contribution in [-0.2, 0) is 4.79 Å². The molecular formula is C15H21FO4. The molecule has 0 fully saturated rings. The molecule has 0 saturated carbocycles. The molecule has 3 N–H and O–H groups in total. The minimum atomic E-state index is -0.576. The summed E-state index contributed by atoms with van der Waals surface area (Å²) in [6.07, 6.45) is 0. The number of rotatable bonds is 0. The third-order valence-electron chi connectivity index (χ3n) is 1.68. The molecule has 2 rings (SSSR count). The lowest BCUT2D eigenvalue weighted by Gasteiger charge is -1.89. The van der Waals surface area contributed by atoms with E-state index in [-0.39, 0.29) is 32.1 Å². The van der Waals surface area contributed by atoms with Gasteiger partial charge in [-0.25, -0.2) is 4.39 Å². The zero-order valence-corrected chi connectivity index (χ0v) is 9.45. The highest BCUT2D eigenvalue weighted by molar-refractivity contribution is 5.30. The number of phenolic OH excluding ortho intramolecular Hbond substituents is 3. The second kappa shape index (κ2) is 12.9. The lowest BCUT2D eigenvalue weighted by molar-refractivity contribution is -0.0979. The Kier molecular flexibility index (Phi) is 14.6. The summed E-state index contributed by atoms with van der Waals surface area (Å²) in [6, 6.07) is 11.4. The Balaban J connectivity index is -0.000000236. The first-order chi connectivity index (χ1) is 8.59. The topological polar surface area (TPSA) is 77.8 Å². The lowest BCUT2D eigenvalue weighted by Crippen LogP contribution is -1.70. The molecule has 0 spiro atoms. The molecule has 0 aliphatic heterocycles. The van der Waals surface area contributed by atoms with Crippen LogP contribution >= 0.6 is 0 Å². The summed E-state index contributed by atoms with van der Waals surface area (Å²) in [6.45, 7) is 2.00. The first-order valence-electron chi connectivity index (χ1n) is 4.80. The quantitative estimate of drug-likeness (QED) is 0.689. The van der Waals surface area contributed by atoms with Gasteiger partial charge in [0.05, 0.1) is 0 Å². The van der Waals surface area contributed by atoms with Crippen molar-refractivity contribution in [2.24, 2.45) is 0 Å². The minimum absolute atomic E-state index is 0. The summed E-state index contributed by atoms with van der Waals surface area (Å²) in [7, 11) is 0. The molecule has 5 heteroatoms. The molecule has 0 atom stereocenters. The zero-order chi connectivity index (χ0) is 14.0. The van der Waals surface area contributed by atoms with Crippen molar-refractivity contribution < 1.29 is 24.5 Å². The largest absolute Gasteiger partial charge is 0.508 e. The monoisotopic (exact) mass is 284 g/mol. The van der Waals surface area contributed by atoms with E-state index in [0.717, 1.165) is 0 Å². The molecule has 0 heterocycles. The normalized spacial score (nSPS) is 7.45. The van der Waals surface area contributed by atoms with E-state index < -0.39 is 5.82 Å². The average molecular weight is 284 g/mol. The zero-order valence-electron chi connectivity index (χ0n) is 9.45. The van der Waals surface area contributed by atoms with Crippen LogP contribution in [0.2, 0.25) is 0 Å². The van der Waals surface area contributed by atoms with E-state index in [0.29, 0.717) is 0 Å². The van der Waals surface area contributed by atoms with Crippen LogP contribution in [-0.4, -0.2) is 22.1 Å². The number of halogens is 1. The third kappa shape index (κ3) is 9.47. The van der Waals surface area contributed by atoms with Crippen LogP contribution in [0.5, 0.6) is 17.2 Å². The summed E-state index contributed by atoms with van der Waals surface area (Å²) in [5.41, 5.74) is 0. The van der Waals surface area contributed by atoms with Crippen molar-refractivity contribution in [3.63, 3.8) is 0 Å². The molecule has 0 aliphatic carbocycles. The SMILES string of the molecule is C.C.C=O.Oc1cccc(O)c1.Oc1ccccc1F. The highest BCUT2D eigenvalue weighted by atomic mass is 19.1. The molecule has 0 aromatic heterocycles. The van der Waals surface area contributed by atoms with Gasteiger partial charge in [-0.1, -0.05) is 33.1 Å². The number of hydrogen-bond acceptors (Lipinski definition) is 4. The van der Waals surface area contributed by atoms with Crippen molar-refractivity contribution in [2.75, 3.05) is 0 Å². The molecule has 112 valence electrons. The van der Waals surface area contributed by atoms with Crippen LogP contribution in [0.1, 0.15) is 14.9 Å². The van der Waals surface area contributed by atoms with E-state index in [1.165, 1.54) is 36.4 Å². The van der Waals surface area contributed by atoms with Crippen LogP contribution in [0.15, 0.2) is 48.5 Å². The van der Waals surface area contributed by atoms with Gasteiger partial charge in [0.15, 0.2) is 11.6 Å². The molecule has 0 bridgehead atoms. The van der Waals surface area contributed by atoms with E-state index in [9.17, 15) is 4.39 Å². The maximum atomic E-state index is 12.1. The van der Waals surface area contributed by atoms with Gasteiger partial charge in [0.2, 0.25) is 0 Å². The van der Waals surface area contributed by atoms with Crippen molar-refractivity contribution in [3.8, 4) is 17.2 Å². The van der Waals surface area contributed by atoms with Crippen molar-refractivity contribution in [1.29, 1.82) is 0 Å². The molecule has 0 saturated heterocycles. The van der Waals surface area contributed by atoms with Gasteiger partial charge >= 0.3 is 0 Å². The smallest absolute Gasteiger partial charge is 0.164 e. The Labute approximate surface area is 118 Å². The van der Waals surface area contributed by atoms with Gasteiger partial charge in [-0.15, -0.1) is 0 Å². The number of aromatic hydroxyl groups is 3. The fraction of sp³-hybridized carbons (Fsp3) is 0.133. The summed E-state index contributed by atoms with van der Waals surface area (Å²) in [5.74, 6) is -0.699. The Morgan fingerprint density at radius 1 is 0.800 bits per heavy atom. The number of para-hydroxylation sites is 1. The van der Waals surface area contributed by atoms with E-state index in [1.54, 1.807) is 12.1 Å². The van der Waals surface area contributed by atoms with Gasteiger partial charge in [-0.3, -0.25) is 0 Å². The number of benzene rings is 2. The predicted octanol–water partition coefficient (Wildman–Crippen LogP) is 3.72. The highest BCUT2D eigenvalue weighted by Crippen LogP contribution is 2.14. The molecule has 2 aromatic carbocycles. The molecule has 0 aliphatic rings. The molecule has 0 unspecified atom stereocenters.